The predicted molar refractivity (Wildman–Crippen MR) is 72.1 cm³/mol. The Bertz CT molecular complexity index is 464. The Balaban J connectivity index is 2.17. The SMILES string of the molecule is COc1ccc(CN2CCCC2CN)cc1[N+](=O)[O-]. The number of hydrogen-bond donors (Lipinski definition) is 1. The summed E-state index contributed by atoms with van der Waals surface area (Å²) in [7, 11) is 1.44. The van der Waals surface area contributed by atoms with Crippen molar-refractivity contribution in [3.05, 3.63) is 33.9 Å². The average Bonchev–Trinajstić information content (AvgIpc) is 2.85. The van der Waals surface area contributed by atoms with Gasteiger partial charge in [-0.25, -0.2) is 0 Å². The summed E-state index contributed by atoms with van der Waals surface area (Å²) >= 11 is 0. The third kappa shape index (κ3) is 3.02. The number of ether oxygens (including phenoxy) is 1. The number of nitro benzene ring substituents is 1. The van der Waals surface area contributed by atoms with Gasteiger partial charge in [0.15, 0.2) is 5.75 Å². The Kier molecular flexibility index (Phi) is 4.34. The van der Waals surface area contributed by atoms with Crippen molar-refractivity contribution in [1.29, 1.82) is 0 Å². The second-order valence-electron chi connectivity index (χ2n) is 4.77. The molecule has 1 aliphatic heterocycles. The molecule has 0 radical (unpaired) electrons. The molecule has 1 unspecified atom stereocenters. The van der Waals surface area contributed by atoms with Gasteiger partial charge in [0, 0.05) is 25.2 Å². The standard InChI is InChI=1S/C13H19N3O3/c1-19-13-5-4-10(7-12(13)16(17)18)9-15-6-2-3-11(15)8-14/h4-5,7,11H,2-3,6,8-9,14H2,1H3. The van der Waals surface area contributed by atoms with Crippen LogP contribution in [0.2, 0.25) is 0 Å². The Labute approximate surface area is 112 Å². The van der Waals surface area contributed by atoms with Crippen LogP contribution in [0.3, 0.4) is 0 Å². The minimum atomic E-state index is -0.410. The van der Waals surface area contributed by atoms with Crippen LogP contribution in [0.15, 0.2) is 18.2 Å². The molecule has 0 aromatic heterocycles. The van der Waals surface area contributed by atoms with E-state index in [0.717, 1.165) is 24.9 Å². The number of rotatable bonds is 5. The van der Waals surface area contributed by atoms with Crippen molar-refractivity contribution in [3.8, 4) is 5.75 Å². The number of methoxy groups -OCH3 is 1. The minimum absolute atomic E-state index is 0.0171. The second-order valence-corrected chi connectivity index (χ2v) is 4.77. The number of likely N-dealkylation sites (tertiary alicyclic amines) is 1. The fourth-order valence-corrected chi connectivity index (χ4v) is 2.58. The Morgan fingerprint density at radius 2 is 2.37 bits per heavy atom. The van der Waals surface area contributed by atoms with E-state index in [-0.39, 0.29) is 5.69 Å². The van der Waals surface area contributed by atoms with Crippen LogP contribution in [-0.4, -0.2) is 36.1 Å². The van der Waals surface area contributed by atoms with Gasteiger partial charge >= 0.3 is 5.69 Å². The van der Waals surface area contributed by atoms with E-state index in [1.54, 1.807) is 12.1 Å². The Hall–Kier alpha value is -1.66. The van der Waals surface area contributed by atoms with E-state index in [1.165, 1.54) is 7.11 Å². The average molecular weight is 265 g/mol. The van der Waals surface area contributed by atoms with Gasteiger partial charge in [0.25, 0.3) is 0 Å². The van der Waals surface area contributed by atoms with Gasteiger partial charge < -0.3 is 10.5 Å². The molecular weight excluding hydrogens is 246 g/mol. The molecule has 19 heavy (non-hydrogen) atoms. The first-order valence-corrected chi connectivity index (χ1v) is 6.41. The summed E-state index contributed by atoms with van der Waals surface area (Å²) in [6, 6.07) is 5.50. The first-order valence-electron chi connectivity index (χ1n) is 6.41. The smallest absolute Gasteiger partial charge is 0.311 e. The van der Waals surface area contributed by atoms with Gasteiger partial charge in [0.2, 0.25) is 0 Å². The summed E-state index contributed by atoms with van der Waals surface area (Å²) in [5.74, 6) is 0.297. The van der Waals surface area contributed by atoms with Crippen LogP contribution < -0.4 is 10.5 Å². The van der Waals surface area contributed by atoms with Crippen molar-refractivity contribution in [1.82, 2.24) is 4.90 Å². The second kappa shape index (κ2) is 5.99. The van der Waals surface area contributed by atoms with Gasteiger partial charge in [-0.1, -0.05) is 6.07 Å². The third-order valence-electron chi connectivity index (χ3n) is 3.60. The lowest BCUT2D eigenvalue weighted by atomic mass is 10.1. The lowest BCUT2D eigenvalue weighted by molar-refractivity contribution is -0.385. The van der Waals surface area contributed by atoms with Gasteiger partial charge in [-0.3, -0.25) is 15.0 Å². The number of nitro groups is 1. The number of benzene rings is 1. The maximum absolute atomic E-state index is 11.0. The van der Waals surface area contributed by atoms with Crippen molar-refractivity contribution >= 4 is 5.69 Å². The molecule has 1 atom stereocenters. The predicted octanol–water partition coefficient (Wildman–Crippen LogP) is 1.53. The Morgan fingerprint density at radius 3 is 3.00 bits per heavy atom. The largest absolute Gasteiger partial charge is 0.490 e. The zero-order valence-electron chi connectivity index (χ0n) is 11.0. The molecule has 1 aromatic rings. The summed E-state index contributed by atoms with van der Waals surface area (Å²) in [5, 5.41) is 11.0. The van der Waals surface area contributed by atoms with Crippen LogP contribution in [0.4, 0.5) is 5.69 Å². The zero-order valence-corrected chi connectivity index (χ0v) is 11.0. The lowest BCUT2D eigenvalue weighted by Gasteiger charge is -2.23. The summed E-state index contributed by atoms with van der Waals surface area (Å²) in [6.45, 7) is 2.34. The molecular formula is C13H19N3O3. The number of hydrogen-bond acceptors (Lipinski definition) is 5. The van der Waals surface area contributed by atoms with Gasteiger partial charge in [0.1, 0.15) is 0 Å². The fourth-order valence-electron chi connectivity index (χ4n) is 2.58. The third-order valence-corrected chi connectivity index (χ3v) is 3.60. The van der Waals surface area contributed by atoms with E-state index < -0.39 is 4.92 Å². The van der Waals surface area contributed by atoms with Crippen LogP contribution in [0.25, 0.3) is 0 Å². The van der Waals surface area contributed by atoms with Crippen molar-refractivity contribution in [3.63, 3.8) is 0 Å². The van der Waals surface area contributed by atoms with Gasteiger partial charge in [-0.05, 0) is 31.0 Å². The highest BCUT2D eigenvalue weighted by Gasteiger charge is 2.24. The highest BCUT2D eigenvalue weighted by atomic mass is 16.6. The zero-order chi connectivity index (χ0) is 13.8. The van der Waals surface area contributed by atoms with E-state index in [9.17, 15) is 10.1 Å². The maximum atomic E-state index is 11.0. The van der Waals surface area contributed by atoms with E-state index in [2.05, 4.69) is 4.90 Å². The molecule has 0 bridgehead atoms. The molecule has 1 aromatic carbocycles. The molecule has 0 aliphatic carbocycles. The van der Waals surface area contributed by atoms with Crippen molar-refractivity contribution in [2.45, 2.75) is 25.4 Å². The summed E-state index contributed by atoms with van der Waals surface area (Å²) in [5.41, 5.74) is 6.67. The van der Waals surface area contributed by atoms with Crippen LogP contribution >= 0.6 is 0 Å². The van der Waals surface area contributed by atoms with Crippen molar-refractivity contribution < 1.29 is 9.66 Å². The molecule has 6 heteroatoms. The molecule has 1 fully saturated rings. The minimum Gasteiger partial charge on any atom is -0.490 e. The Morgan fingerprint density at radius 1 is 1.58 bits per heavy atom. The summed E-state index contributed by atoms with van der Waals surface area (Å²) in [4.78, 5) is 12.9. The molecule has 104 valence electrons. The molecule has 1 aliphatic rings. The maximum Gasteiger partial charge on any atom is 0.311 e. The van der Waals surface area contributed by atoms with Gasteiger partial charge in [-0.2, -0.15) is 0 Å². The molecule has 0 spiro atoms. The molecule has 2 rings (SSSR count). The van der Waals surface area contributed by atoms with E-state index >= 15 is 0 Å². The molecule has 0 amide bonds. The number of nitrogens with zero attached hydrogens (tertiary/aromatic N) is 2. The van der Waals surface area contributed by atoms with Crippen molar-refractivity contribution in [2.24, 2.45) is 5.73 Å². The molecule has 2 N–H and O–H groups in total. The summed E-state index contributed by atoms with van der Waals surface area (Å²) in [6.07, 6.45) is 2.24. The van der Waals surface area contributed by atoms with Crippen LogP contribution in [0, 0.1) is 10.1 Å². The lowest BCUT2D eigenvalue weighted by Crippen LogP contribution is -2.34. The van der Waals surface area contributed by atoms with Crippen molar-refractivity contribution in [2.75, 3.05) is 20.2 Å². The fraction of sp³-hybridized carbons (Fsp3) is 0.538. The highest BCUT2D eigenvalue weighted by Crippen LogP contribution is 2.29. The molecule has 0 saturated carbocycles. The van der Waals surface area contributed by atoms with Crippen LogP contribution in [-0.2, 0) is 6.54 Å². The molecule has 1 heterocycles. The number of nitrogens with two attached hydrogens (primary N) is 1. The quantitative estimate of drug-likeness (QED) is 0.645. The summed E-state index contributed by atoms with van der Waals surface area (Å²) < 4.78 is 5.00. The first-order chi connectivity index (χ1) is 9.15. The first kappa shape index (κ1) is 13.8. The topological polar surface area (TPSA) is 81.6 Å². The van der Waals surface area contributed by atoms with Gasteiger partial charge in [0.05, 0.1) is 12.0 Å². The normalized spacial score (nSPS) is 19.6. The van der Waals surface area contributed by atoms with Gasteiger partial charge in [-0.15, -0.1) is 0 Å². The van der Waals surface area contributed by atoms with Crippen LogP contribution in [0.5, 0.6) is 5.75 Å². The highest BCUT2D eigenvalue weighted by molar-refractivity contribution is 5.48. The van der Waals surface area contributed by atoms with E-state index in [4.69, 9.17) is 10.5 Å². The molecule has 6 nitrogen and oxygen atoms in total. The van der Waals surface area contributed by atoms with E-state index in [0.29, 0.717) is 24.9 Å². The van der Waals surface area contributed by atoms with Crippen LogP contribution in [0.1, 0.15) is 18.4 Å². The monoisotopic (exact) mass is 265 g/mol. The molecule has 1 saturated heterocycles. The van der Waals surface area contributed by atoms with E-state index in [1.807, 2.05) is 6.07 Å².